The van der Waals surface area contributed by atoms with Gasteiger partial charge in [-0.25, -0.2) is 0 Å². The van der Waals surface area contributed by atoms with E-state index < -0.39 is 0 Å². The van der Waals surface area contributed by atoms with Gasteiger partial charge < -0.3 is 4.74 Å². The molecule has 4 heteroatoms. The molecule has 4 aliphatic rings. The normalized spacial score (nSPS) is 43.8. The maximum Gasteiger partial charge on any atom is 0.302 e. The van der Waals surface area contributed by atoms with Crippen LogP contribution in [0.15, 0.2) is 10.5 Å². The second-order valence-corrected chi connectivity index (χ2v) is 11.0. The van der Waals surface area contributed by atoms with Crippen molar-refractivity contribution in [1.29, 1.82) is 0 Å². The highest BCUT2D eigenvalue weighted by atomic mass is 32.2. The van der Waals surface area contributed by atoms with Crippen LogP contribution in [0.25, 0.3) is 0 Å². The molecule has 0 aromatic heterocycles. The van der Waals surface area contributed by atoms with Crippen LogP contribution < -0.4 is 0 Å². The van der Waals surface area contributed by atoms with Gasteiger partial charge in [-0.1, -0.05) is 20.8 Å². The number of thioether (sulfide) groups is 1. The number of ketones is 1. The second kappa shape index (κ2) is 6.93. The van der Waals surface area contributed by atoms with E-state index in [0.29, 0.717) is 17.6 Å². The van der Waals surface area contributed by atoms with Gasteiger partial charge in [0.05, 0.1) is 4.91 Å². The zero-order valence-electron chi connectivity index (χ0n) is 17.3. The van der Waals surface area contributed by atoms with Crippen molar-refractivity contribution in [3.63, 3.8) is 0 Å². The van der Waals surface area contributed by atoms with Crippen molar-refractivity contribution >= 4 is 23.5 Å². The molecule has 0 saturated heterocycles. The van der Waals surface area contributed by atoms with E-state index in [2.05, 4.69) is 20.8 Å². The molecule has 3 fully saturated rings. The number of rotatable bonds is 3. The predicted octanol–water partition coefficient (Wildman–Crippen LogP) is 5.53. The van der Waals surface area contributed by atoms with Crippen LogP contribution in [0.5, 0.6) is 0 Å². The molecule has 4 rings (SSSR count). The summed E-state index contributed by atoms with van der Waals surface area (Å²) in [6.07, 6.45) is 8.76. The highest BCUT2D eigenvalue weighted by molar-refractivity contribution is 8.04. The van der Waals surface area contributed by atoms with Crippen LogP contribution in [0.1, 0.15) is 79.1 Å². The number of fused-ring (bicyclic) bond motifs is 5. The largest absolute Gasteiger partial charge is 0.462 e. The van der Waals surface area contributed by atoms with Gasteiger partial charge in [0.1, 0.15) is 6.10 Å². The summed E-state index contributed by atoms with van der Waals surface area (Å²) in [5.41, 5.74) is 1.84. The van der Waals surface area contributed by atoms with Crippen molar-refractivity contribution in [3.05, 3.63) is 10.5 Å². The Balaban J connectivity index is 1.65. The fourth-order valence-corrected chi connectivity index (χ4v) is 8.38. The van der Waals surface area contributed by atoms with Gasteiger partial charge in [-0.05, 0) is 79.4 Å². The van der Waals surface area contributed by atoms with E-state index in [-0.39, 0.29) is 22.9 Å². The van der Waals surface area contributed by atoms with Gasteiger partial charge in [0.15, 0.2) is 5.78 Å². The molecule has 0 spiro atoms. The Hall–Kier alpha value is -0.770. The number of Topliss-reactive ketones (excluding diaryl/α,β-unsaturated/α-hetero) is 1. The molecule has 0 aromatic carbocycles. The Morgan fingerprint density at radius 1 is 1.11 bits per heavy atom. The number of carbonyl (C=O) groups is 2. The third kappa shape index (κ3) is 2.92. The van der Waals surface area contributed by atoms with Gasteiger partial charge in [0.2, 0.25) is 0 Å². The number of hydrogen-bond donors (Lipinski definition) is 0. The summed E-state index contributed by atoms with van der Waals surface area (Å²) >= 11 is 1.78. The summed E-state index contributed by atoms with van der Waals surface area (Å²) in [4.78, 5) is 25.3. The zero-order chi connectivity index (χ0) is 19.4. The summed E-state index contributed by atoms with van der Waals surface area (Å²) < 4.78 is 5.76. The molecule has 3 saturated carbocycles. The standard InChI is InChI=1S/C23H34O3S/c1-5-27-21-18-7-6-15-16-8-9-20(26-14(2)24)23(16,4)12-10-17(15)22(18,3)13-11-19(21)25/h15-17,20H,5-13H2,1-4H3/t15-,16-,17-,20-,22+,23-/m0/s1. The third-order valence-electron chi connectivity index (χ3n) is 8.58. The summed E-state index contributed by atoms with van der Waals surface area (Å²) in [6.45, 7) is 8.55. The number of allylic oxidation sites excluding steroid dienone is 1. The lowest BCUT2D eigenvalue weighted by Gasteiger charge is -2.58. The SMILES string of the molecule is CCSC1=C2CC[C@H]3[C@@H]4CC[C@H](OC(C)=O)[C@@]4(C)CC[C@@H]3[C@@]2(C)CCC1=O. The van der Waals surface area contributed by atoms with E-state index in [1.807, 2.05) is 0 Å². The molecule has 0 unspecified atom stereocenters. The molecule has 0 bridgehead atoms. The summed E-state index contributed by atoms with van der Waals surface area (Å²) in [5.74, 6) is 3.33. The summed E-state index contributed by atoms with van der Waals surface area (Å²) in [6, 6.07) is 0. The minimum absolute atomic E-state index is 0.102. The van der Waals surface area contributed by atoms with E-state index in [4.69, 9.17) is 4.74 Å². The van der Waals surface area contributed by atoms with E-state index in [0.717, 1.165) is 48.7 Å². The highest BCUT2D eigenvalue weighted by Crippen LogP contribution is 2.66. The quantitative estimate of drug-likeness (QED) is 0.594. The smallest absolute Gasteiger partial charge is 0.302 e. The van der Waals surface area contributed by atoms with Crippen molar-refractivity contribution in [2.24, 2.45) is 28.6 Å². The zero-order valence-corrected chi connectivity index (χ0v) is 18.1. The van der Waals surface area contributed by atoms with Crippen LogP contribution in [0, 0.1) is 28.6 Å². The average Bonchev–Trinajstić information content (AvgIpc) is 2.94. The van der Waals surface area contributed by atoms with Gasteiger partial charge in [-0.15, -0.1) is 11.8 Å². The first kappa shape index (κ1) is 19.5. The Labute approximate surface area is 168 Å². The number of carbonyl (C=O) groups excluding carboxylic acids is 2. The second-order valence-electron chi connectivity index (χ2n) is 9.72. The first-order valence-electron chi connectivity index (χ1n) is 10.9. The monoisotopic (exact) mass is 390 g/mol. The predicted molar refractivity (Wildman–Crippen MR) is 109 cm³/mol. The molecule has 0 N–H and O–H groups in total. The van der Waals surface area contributed by atoms with Gasteiger partial charge in [-0.2, -0.15) is 0 Å². The first-order valence-corrected chi connectivity index (χ1v) is 11.9. The molecule has 4 aliphatic carbocycles. The minimum atomic E-state index is -0.128. The fraction of sp³-hybridized carbons (Fsp3) is 0.826. The lowest BCUT2D eigenvalue weighted by atomic mass is 9.47. The lowest BCUT2D eigenvalue weighted by molar-refractivity contribution is -0.157. The fourth-order valence-electron chi connectivity index (χ4n) is 7.32. The van der Waals surface area contributed by atoms with Crippen molar-refractivity contribution in [2.75, 3.05) is 5.75 Å². The molecule has 27 heavy (non-hydrogen) atoms. The van der Waals surface area contributed by atoms with E-state index in [9.17, 15) is 9.59 Å². The maximum absolute atomic E-state index is 12.6. The summed E-state index contributed by atoms with van der Waals surface area (Å²) in [5, 5.41) is 0. The molecular formula is C23H34O3S. The maximum atomic E-state index is 12.6. The number of ether oxygens (including phenoxy) is 1. The van der Waals surface area contributed by atoms with Crippen LogP contribution in [-0.4, -0.2) is 23.6 Å². The van der Waals surface area contributed by atoms with Crippen molar-refractivity contribution in [2.45, 2.75) is 85.2 Å². The molecule has 150 valence electrons. The van der Waals surface area contributed by atoms with Gasteiger partial charge in [-0.3, -0.25) is 9.59 Å². The number of hydrogen-bond acceptors (Lipinski definition) is 4. The average molecular weight is 391 g/mol. The van der Waals surface area contributed by atoms with Crippen molar-refractivity contribution < 1.29 is 14.3 Å². The molecule has 0 radical (unpaired) electrons. The Kier molecular flexibility index (Phi) is 5.02. The molecule has 3 nitrogen and oxygen atoms in total. The van der Waals surface area contributed by atoms with Crippen LogP contribution in [0.4, 0.5) is 0 Å². The van der Waals surface area contributed by atoms with Gasteiger partial charge in [0.25, 0.3) is 0 Å². The highest BCUT2D eigenvalue weighted by Gasteiger charge is 2.60. The lowest BCUT2D eigenvalue weighted by Crippen LogP contribution is -2.52. The molecule has 0 aromatic rings. The molecule has 0 heterocycles. The third-order valence-corrected chi connectivity index (χ3v) is 9.63. The molecule has 0 amide bonds. The Bertz CT molecular complexity index is 683. The molecule has 0 aliphatic heterocycles. The molecular weight excluding hydrogens is 356 g/mol. The van der Waals surface area contributed by atoms with Crippen LogP contribution in [0.3, 0.4) is 0 Å². The van der Waals surface area contributed by atoms with E-state index in [1.54, 1.807) is 18.7 Å². The summed E-state index contributed by atoms with van der Waals surface area (Å²) in [7, 11) is 0. The van der Waals surface area contributed by atoms with Crippen LogP contribution in [0.2, 0.25) is 0 Å². The van der Waals surface area contributed by atoms with Crippen LogP contribution >= 0.6 is 11.8 Å². The molecule has 6 atom stereocenters. The van der Waals surface area contributed by atoms with E-state index in [1.165, 1.54) is 24.8 Å². The Morgan fingerprint density at radius 3 is 2.59 bits per heavy atom. The number of esters is 1. The van der Waals surface area contributed by atoms with Crippen molar-refractivity contribution in [1.82, 2.24) is 0 Å². The Morgan fingerprint density at radius 2 is 1.89 bits per heavy atom. The van der Waals surface area contributed by atoms with Gasteiger partial charge in [0, 0.05) is 18.8 Å². The van der Waals surface area contributed by atoms with Crippen molar-refractivity contribution in [3.8, 4) is 0 Å². The van der Waals surface area contributed by atoms with E-state index >= 15 is 0 Å². The van der Waals surface area contributed by atoms with Gasteiger partial charge >= 0.3 is 5.97 Å². The van der Waals surface area contributed by atoms with Crippen LogP contribution in [-0.2, 0) is 14.3 Å². The topological polar surface area (TPSA) is 43.4 Å². The first-order chi connectivity index (χ1) is 12.8. The minimum Gasteiger partial charge on any atom is -0.462 e.